The van der Waals surface area contributed by atoms with Gasteiger partial charge in [0.25, 0.3) is 0 Å². The lowest BCUT2D eigenvalue weighted by Crippen LogP contribution is -2.16. The molecule has 0 unspecified atom stereocenters. The van der Waals surface area contributed by atoms with Crippen LogP contribution in [0.15, 0.2) is 12.1 Å². The highest BCUT2D eigenvalue weighted by Crippen LogP contribution is 2.39. The first kappa shape index (κ1) is 15.4. The maximum absolute atomic E-state index is 14.2. The molecule has 0 N–H and O–H groups in total. The Bertz CT molecular complexity index is 411. The molecule has 2 rings (SSSR count). The molecular formula is C17H23F3. The zero-order valence-electron chi connectivity index (χ0n) is 12.1. The van der Waals surface area contributed by atoms with Crippen LogP contribution in [0.1, 0.15) is 62.5 Å². The van der Waals surface area contributed by atoms with Crippen molar-refractivity contribution in [3.05, 3.63) is 34.9 Å². The summed E-state index contributed by atoms with van der Waals surface area (Å²) in [6.45, 7) is 1.71. The molecule has 1 aromatic rings. The molecule has 0 radical (unpaired) electrons. The smallest absolute Gasteiger partial charge is 0.129 e. The van der Waals surface area contributed by atoms with E-state index in [2.05, 4.69) is 0 Å². The zero-order chi connectivity index (χ0) is 14.5. The standard InChI is InChI=1S/C17H23F3/c1-2-3-13-10-15(19)17(16(20)11-13)14-6-4-12(5-7-14)8-9-18/h10-12,14H,2-9H2,1H3. The third kappa shape index (κ3) is 3.56. The average Bonchev–Trinajstić information content (AvgIpc) is 2.40. The van der Waals surface area contributed by atoms with E-state index in [0.717, 1.165) is 37.7 Å². The molecule has 0 amide bonds. The molecule has 1 aliphatic carbocycles. The first-order valence-corrected chi connectivity index (χ1v) is 7.69. The van der Waals surface area contributed by atoms with Crippen LogP contribution in [-0.4, -0.2) is 6.67 Å². The number of benzene rings is 1. The Kier molecular flexibility index (Phi) is 5.50. The molecule has 0 atom stereocenters. The van der Waals surface area contributed by atoms with Gasteiger partial charge in [-0.3, -0.25) is 4.39 Å². The molecule has 3 heteroatoms. The minimum Gasteiger partial charge on any atom is -0.251 e. The van der Waals surface area contributed by atoms with Gasteiger partial charge in [0, 0.05) is 5.56 Å². The van der Waals surface area contributed by atoms with E-state index >= 15 is 0 Å². The first-order chi connectivity index (χ1) is 9.65. The van der Waals surface area contributed by atoms with Crippen molar-refractivity contribution >= 4 is 0 Å². The van der Waals surface area contributed by atoms with Crippen LogP contribution in [0.3, 0.4) is 0 Å². The van der Waals surface area contributed by atoms with Gasteiger partial charge in [0.1, 0.15) is 11.6 Å². The van der Waals surface area contributed by atoms with Gasteiger partial charge in [-0.05, 0) is 68.1 Å². The molecule has 0 nitrogen and oxygen atoms in total. The molecule has 0 aliphatic heterocycles. The van der Waals surface area contributed by atoms with Crippen LogP contribution in [0, 0.1) is 17.6 Å². The Balaban J connectivity index is 2.10. The Morgan fingerprint density at radius 1 is 1.05 bits per heavy atom. The number of alkyl halides is 1. The predicted molar refractivity (Wildman–Crippen MR) is 75.6 cm³/mol. The average molecular weight is 284 g/mol. The highest BCUT2D eigenvalue weighted by Gasteiger charge is 2.26. The number of rotatable bonds is 5. The second-order valence-corrected chi connectivity index (χ2v) is 5.92. The van der Waals surface area contributed by atoms with Gasteiger partial charge in [-0.2, -0.15) is 0 Å². The monoisotopic (exact) mass is 284 g/mol. The van der Waals surface area contributed by atoms with Gasteiger partial charge in [-0.1, -0.05) is 13.3 Å². The first-order valence-electron chi connectivity index (χ1n) is 7.69. The van der Waals surface area contributed by atoms with Crippen molar-refractivity contribution in [3.8, 4) is 0 Å². The quantitative estimate of drug-likeness (QED) is 0.665. The fraction of sp³-hybridized carbons (Fsp3) is 0.647. The molecule has 112 valence electrons. The third-order valence-corrected chi connectivity index (χ3v) is 4.45. The highest BCUT2D eigenvalue weighted by molar-refractivity contribution is 5.29. The summed E-state index contributed by atoms with van der Waals surface area (Å²) >= 11 is 0. The summed E-state index contributed by atoms with van der Waals surface area (Å²) in [5, 5.41) is 0. The second-order valence-electron chi connectivity index (χ2n) is 5.92. The van der Waals surface area contributed by atoms with Crippen LogP contribution in [0.25, 0.3) is 0 Å². The van der Waals surface area contributed by atoms with Crippen LogP contribution in [0.4, 0.5) is 13.2 Å². The minimum absolute atomic E-state index is 0.0402. The lowest BCUT2D eigenvalue weighted by atomic mass is 9.77. The Labute approximate surface area is 119 Å². The van der Waals surface area contributed by atoms with Crippen molar-refractivity contribution in [3.63, 3.8) is 0 Å². The van der Waals surface area contributed by atoms with Gasteiger partial charge in [0.15, 0.2) is 0 Å². The van der Waals surface area contributed by atoms with E-state index in [1.165, 1.54) is 12.1 Å². The van der Waals surface area contributed by atoms with E-state index in [0.29, 0.717) is 18.8 Å². The molecule has 1 saturated carbocycles. The summed E-state index contributed by atoms with van der Waals surface area (Å²) in [5.74, 6) is -0.451. The van der Waals surface area contributed by atoms with Gasteiger partial charge >= 0.3 is 0 Å². The van der Waals surface area contributed by atoms with E-state index in [9.17, 15) is 13.2 Å². The lowest BCUT2D eigenvalue weighted by Gasteiger charge is -2.28. The number of hydrogen-bond donors (Lipinski definition) is 0. The molecular weight excluding hydrogens is 261 g/mol. The predicted octanol–water partition coefficient (Wildman–Crippen LogP) is 5.55. The summed E-state index contributed by atoms with van der Waals surface area (Å²) in [7, 11) is 0. The van der Waals surface area contributed by atoms with Crippen LogP contribution in [0.2, 0.25) is 0 Å². The van der Waals surface area contributed by atoms with Crippen molar-refractivity contribution in [2.24, 2.45) is 5.92 Å². The molecule has 1 aliphatic rings. The van der Waals surface area contributed by atoms with Crippen molar-refractivity contribution < 1.29 is 13.2 Å². The van der Waals surface area contributed by atoms with E-state index < -0.39 is 11.6 Å². The molecule has 0 bridgehead atoms. The van der Waals surface area contributed by atoms with Crippen LogP contribution in [0.5, 0.6) is 0 Å². The van der Waals surface area contributed by atoms with Crippen molar-refractivity contribution in [1.82, 2.24) is 0 Å². The minimum atomic E-state index is -0.401. The zero-order valence-corrected chi connectivity index (χ0v) is 12.1. The normalized spacial score (nSPS) is 23.0. The maximum atomic E-state index is 14.2. The summed E-state index contributed by atoms with van der Waals surface area (Å²) < 4.78 is 40.7. The van der Waals surface area contributed by atoms with Crippen molar-refractivity contribution in [1.29, 1.82) is 0 Å². The van der Waals surface area contributed by atoms with Crippen LogP contribution >= 0.6 is 0 Å². The van der Waals surface area contributed by atoms with Gasteiger partial charge in [0.05, 0.1) is 6.67 Å². The Morgan fingerprint density at radius 2 is 1.65 bits per heavy atom. The summed E-state index contributed by atoms with van der Waals surface area (Å²) in [4.78, 5) is 0. The Hall–Kier alpha value is -0.990. The molecule has 20 heavy (non-hydrogen) atoms. The van der Waals surface area contributed by atoms with Crippen LogP contribution < -0.4 is 0 Å². The fourth-order valence-electron chi connectivity index (χ4n) is 3.35. The van der Waals surface area contributed by atoms with Gasteiger partial charge < -0.3 is 0 Å². The van der Waals surface area contributed by atoms with Crippen molar-refractivity contribution in [2.75, 3.05) is 6.67 Å². The van der Waals surface area contributed by atoms with E-state index in [1.54, 1.807) is 0 Å². The van der Waals surface area contributed by atoms with E-state index in [1.807, 2.05) is 6.92 Å². The van der Waals surface area contributed by atoms with E-state index in [4.69, 9.17) is 0 Å². The van der Waals surface area contributed by atoms with Gasteiger partial charge in [-0.15, -0.1) is 0 Å². The molecule has 0 spiro atoms. The summed E-state index contributed by atoms with van der Waals surface area (Å²) in [6.07, 6.45) is 5.47. The molecule has 1 aromatic carbocycles. The number of halogens is 3. The summed E-state index contributed by atoms with van der Waals surface area (Å²) in [5.41, 5.74) is 0.987. The molecule has 1 fully saturated rings. The van der Waals surface area contributed by atoms with Crippen molar-refractivity contribution in [2.45, 2.75) is 57.8 Å². The third-order valence-electron chi connectivity index (χ3n) is 4.45. The van der Waals surface area contributed by atoms with Crippen LogP contribution in [-0.2, 0) is 6.42 Å². The number of hydrogen-bond acceptors (Lipinski definition) is 0. The largest absolute Gasteiger partial charge is 0.251 e. The molecule has 0 saturated heterocycles. The number of aryl methyl sites for hydroxylation is 1. The summed E-state index contributed by atoms with van der Waals surface area (Å²) in [6, 6.07) is 2.96. The highest BCUT2D eigenvalue weighted by atomic mass is 19.1. The fourth-order valence-corrected chi connectivity index (χ4v) is 3.35. The Morgan fingerprint density at radius 3 is 2.15 bits per heavy atom. The topological polar surface area (TPSA) is 0 Å². The molecule has 0 heterocycles. The maximum Gasteiger partial charge on any atom is 0.129 e. The van der Waals surface area contributed by atoms with Gasteiger partial charge in [-0.25, -0.2) is 8.78 Å². The lowest BCUT2D eigenvalue weighted by molar-refractivity contribution is 0.278. The SMILES string of the molecule is CCCc1cc(F)c(C2CCC(CCF)CC2)c(F)c1. The van der Waals surface area contributed by atoms with Gasteiger partial charge in [0.2, 0.25) is 0 Å². The second kappa shape index (κ2) is 7.14. The van der Waals surface area contributed by atoms with E-state index in [-0.39, 0.29) is 18.2 Å². The molecule has 0 aromatic heterocycles.